The third-order valence-electron chi connectivity index (χ3n) is 5.35. The molecule has 0 saturated heterocycles. The van der Waals surface area contributed by atoms with Crippen molar-refractivity contribution in [2.24, 2.45) is 7.05 Å². The Kier molecular flexibility index (Phi) is 5.07. The van der Waals surface area contributed by atoms with Crippen LogP contribution in [0.3, 0.4) is 0 Å². The zero-order valence-electron chi connectivity index (χ0n) is 17.8. The summed E-state index contributed by atoms with van der Waals surface area (Å²) in [7, 11) is 1.78. The van der Waals surface area contributed by atoms with E-state index in [4.69, 9.17) is 11.6 Å². The predicted octanol–water partition coefficient (Wildman–Crippen LogP) is 5.73. The van der Waals surface area contributed by atoms with Crippen LogP contribution < -0.4 is 5.32 Å². The van der Waals surface area contributed by atoms with Gasteiger partial charge in [0.25, 0.3) is 0 Å². The number of carboxylic acid groups (broad SMARTS) is 1. The second kappa shape index (κ2) is 8.07. The molecule has 164 valence electrons. The van der Waals surface area contributed by atoms with E-state index in [1.807, 2.05) is 43.5 Å². The summed E-state index contributed by atoms with van der Waals surface area (Å²) in [6, 6.07) is 13.1. The van der Waals surface area contributed by atoms with Crippen molar-refractivity contribution in [2.45, 2.75) is 6.92 Å². The number of nitrogens with zero attached hydrogens (tertiary/aromatic N) is 5. The van der Waals surface area contributed by atoms with Crippen LogP contribution in [0.15, 0.2) is 67.3 Å². The van der Waals surface area contributed by atoms with Crippen molar-refractivity contribution < 1.29 is 9.90 Å². The first-order chi connectivity index (χ1) is 15.9. The molecule has 0 amide bonds. The first kappa shape index (κ1) is 20.7. The molecule has 0 aliphatic rings. The summed E-state index contributed by atoms with van der Waals surface area (Å²) < 4.78 is 2.86. The van der Waals surface area contributed by atoms with Crippen LogP contribution in [0.1, 0.15) is 5.69 Å². The molecule has 0 aliphatic heterocycles. The van der Waals surface area contributed by atoms with Crippen LogP contribution >= 0.6 is 11.6 Å². The van der Waals surface area contributed by atoms with Gasteiger partial charge in [-0.2, -0.15) is 5.10 Å². The number of rotatable bonds is 4. The highest BCUT2D eigenvalue weighted by molar-refractivity contribution is 6.33. The van der Waals surface area contributed by atoms with E-state index in [1.165, 1.54) is 4.57 Å². The first-order valence-electron chi connectivity index (χ1n) is 10.1. The molecular formula is C24H19ClN6O2. The minimum absolute atomic E-state index is 0.479. The zero-order chi connectivity index (χ0) is 23.1. The van der Waals surface area contributed by atoms with E-state index in [0.717, 1.165) is 16.8 Å². The van der Waals surface area contributed by atoms with Gasteiger partial charge in [0.05, 0.1) is 28.1 Å². The summed E-state index contributed by atoms with van der Waals surface area (Å²) in [5.41, 5.74) is 5.26. The van der Waals surface area contributed by atoms with Gasteiger partial charge in [-0.1, -0.05) is 23.7 Å². The number of aromatic nitrogens is 5. The van der Waals surface area contributed by atoms with Gasteiger partial charge in [-0.25, -0.2) is 14.3 Å². The molecule has 0 radical (unpaired) electrons. The zero-order valence-corrected chi connectivity index (χ0v) is 18.6. The highest BCUT2D eigenvalue weighted by Gasteiger charge is 2.18. The molecule has 0 spiro atoms. The third kappa shape index (κ3) is 3.92. The molecule has 2 N–H and O–H groups in total. The third-order valence-corrected chi connectivity index (χ3v) is 5.67. The van der Waals surface area contributed by atoms with E-state index < -0.39 is 6.09 Å². The minimum atomic E-state index is -1.09. The number of benzene rings is 1. The van der Waals surface area contributed by atoms with Crippen LogP contribution in [0, 0.1) is 6.92 Å². The van der Waals surface area contributed by atoms with E-state index in [-0.39, 0.29) is 0 Å². The number of halogens is 1. The van der Waals surface area contributed by atoms with Crippen LogP contribution in [-0.2, 0) is 7.05 Å². The van der Waals surface area contributed by atoms with Gasteiger partial charge in [0.1, 0.15) is 5.82 Å². The molecule has 0 unspecified atom stereocenters. The maximum Gasteiger partial charge on any atom is 0.416 e. The van der Waals surface area contributed by atoms with Crippen molar-refractivity contribution in [1.82, 2.24) is 24.3 Å². The molecule has 5 aromatic rings. The molecule has 0 fully saturated rings. The van der Waals surface area contributed by atoms with Crippen LogP contribution in [0.4, 0.5) is 16.3 Å². The lowest BCUT2D eigenvalue weighted by Crippen LogP contribution is -2.09. The van der Waals surface area contributed by atoms with Crippen molar-refractivity contribution in [1.29, 1.82) is 0 Å². The van der Waals surface area contributed by atoms with Gasteiger partial charge in [0.15, 0.2) is 0 Å². The molecule has 1 aromatic carbocycles. The summed E-state index contributed by atoms with van der Waals surface area (Å²) in [6.45, 7) is 1.94. The number of pyridine rings is 2. The van der Waals surface area contributed by atoms with Gasteiger partial charge < -0.3 is 10.4 Å². The maximum absolute atomic E-state index is 12.1. The maximum atomic E-state index is 12.1. The van der Waals surface area contributed by atoms with Gasteiger partial charge in [0.2, 0.25) is 0 Å². The fourth-order valence-corrected chi connectivity index (χ4v) is 3.94. The quantitative estimate of drug-likeness (QED) is 0.357. The summed E-state index contributed by atoms with van der Waals surface area (Å²) in [5, 5.41) is 18.4. The van der Waals surface area contributed by atoms with Gasteiger partial charge in [-0.15, -0.1) is 0 Å². The lowest BCUT2D eigenvalue weighted by Gasteiger charge is -2.10. The van der Waals surface area contributed by atoms with Gasteiger partial charge >= 0.3 is 6.09 Å². The van der Waals surface area contributed by atoms with Gasteiger partial charge in [0, 0.05) is 53.9 Å². The van der Waals surface area contributed by atoms with Crippen LogP contribution in [0.25, 0.3) is 33.3 Å². The Hall–Kier alpha value is -4.17. The van der Waals surface area contributed by atoms with Crippen LogP contribution in [-0.4, -0.2) is 35.5 Å². The molecule has 0 aliphatic carbocycles. The second-order valence-electron chi connectivity index (χ2n) is 7.69. The fourth-order valence-electron chi connectivity index (χ4n) is 3.71. The standard InChI is InChI=1S/C24H19ClN6O2/c1-14-3-4-16(10-26-14)15-5-6-20(19(25)7-15)29-23-9-22-17(11-27-23)8-21(31(22)24(32)33)18-12-28-30(2)13-18/h3-13H,1-2H3,(H,27,29)(H,32,33). The number of hydrogen-bond acceptors (Lipinski definition) is 5. The smallest absolute Gasteiger partial charge is 0.416 e. The molecule has 0 bridgehead atoms. The summed E-state index contributed by atoms with van der Waals surface area (Å²) in [4.78, 5) is 20.8. The minimum Gasteiger partial charge on any atom is -0.464 e. The average molecular weight is 459 g/mol. The molecule has 9 heteroatoms. The largest absolute Gasteiger partial charge is 0.464 e. The van der Waals surface area contributed by atoms with E-state index in [0.29, 0.717) is 38.7 Å². The molecule has 0 atom stereocenters. The number of hydrogen-bond donors (Lipinski definition) is 2. The monoisotopic (exact) mass is 458 g/mol. The number of nitrogens with one attached hydrogen (secondary N) is 1. The lowest BCUT2D eigenvalue weighted by atomic mass is 10.1. The van der Waals surface area contributed by atoms with E-state index in [1.54, 1.807) is 42.5 Å². The predicted molar refractivity (Wildman–Crippen MR) is 128 cm³/mol. The van der Waals surface area contributed by atoms with E-state index >= 15 is 0 Å². The van der Waals surface area contributed by atoms with Gasteiger partial charge in [-0.3, -0.25) is 9.67 Å². The first-order valence-corrected chi connectivity index (χ1v) is 10.5. The molecule has 8 nitrogen and oxygen atoms in total. The van der Waals surface area contributed by atoms with Crippen molar-refractivity contribution in [3.8, 4) is 22.4 Å². The van der Waals surface area contributed by atoms with Crippen molar-refractivity contribution in [2.75, 3.05) is 5.32 Å². The van der Waals surface area contributed by atoms with Crippen molar-refractivity contribution in [3.63, 3.8) is 0 Å². The number of anilines is 2. The summed E-state index contributed by atoms with van der Waals surface area (Å²) in [6.07, 6.45) is 5.76. The van der Waals surface area contributed by atoms with Crippen LogP contribution in [0.5, 0.6) is 0 Å². The molecule has 4 aromatic heterocycles. The molecule has 5 rings (SSSR count). The number of aryl methyl sites for hydroxylation is 2. The van der Waals surface area contributed by atoms with Gasteiger partial charge in [-0.05, 0) is 36.8 Å². The van der Waals surface area contributed by atoms with Crippen LogP contribution in [0.2, 0.25) is 5.02 Å². The summed E-state index contributed by atoms with van der Waals surface area (Å²) >= 11 is 6.53. The Bertz CT molecular complexity index is 1500. The second-order valence-corrected chi connectivity index (χ2v) is 8.09. The Morgan fingerprint density at radius 3 is 2.48 bits per heavy atom. The average Bonchev–Trinajstić information content (AvgIpc) is 3.39. The molecular weight excluding hydrogens is 440 g/mol. The van der Waals surface area contributed by atoms with E-state index in [2.05, 4.69) is 20.4 Å². The Morgan fingerprint density at radius 1 is 1.00 bits per heavy atom. The summed E-state index contributed by atoms with van der Waals surface area (Å²) in [5.74, 6) is 0.479. The topological polar surface area (TPSA) is 97.9 Å². The Morgan fingerprint density at radius 2 is 1.82 bits per heavy atom. The molecule has 33 heavy (non-hydrogen) atoms. The van der Waals surface area contributed by atoms with E-state index in [9.17, 15) is 9.90 Å². The SMILES string of the molecule is Cc1ccc(-c2ccc(Nc3cc4c(cn3)cc(-c3cnn(C)c3)n4C(=O)O)c(Cl)c2)cn1. The Balaban J connectivity index is 1.50. The molecule has 4 heterocycles. The number of carbonyl (C=O) groups is 1. The normalized spacial score (nSPS) is 11.1. The fraction of sp³-hybridized carbons (Fsp3) is 0.0833. The number of fused-ring (bicyclic) bond motifs is 1. The highest BCUT2D eigenvalue weighted by Crippen LogP contribution is 2.32. The lowest BCUT2D eigenvalue weighted by molar-refractivity contribution is 0.198. The highest BCUT2D eigenvalue weighted by atomic mass is 35.5. The van der Waals surface area contributed by atoms with Crippen molar-refractivity contribution in [3.05, 3.63) is 78.0 Å². The Labute approximate surface area is 194 Å². The van der Waals surface area contributed by atoms with Crippen molar-refractivity contribution >= 4 is 40.1 Å². The molecule has 0 saturated carbocycles.